The van der Waals surface area contributed by atoms with Crippen molar-refractivity contribution in [2.45, 2.75) is 258 Å². The van der Waals surface area contributed by atoms with E-state index in [9.17, 15) is 0 Å². The van der Waals surface area contributed by atoms with Gasteiger partial charge in [-0.25, -0.2) is 14.6 Å². The molecule has 0 aromatic carbocycles. The van der Waals surface area contributed by atoms with E-state index in [4.69, 9.17) is 0 Å². The quantitative estimate of drug-likeness (QED) is 0.139. The predicted molar refractivity (Wildman–Crippen MR) is 271 cm³/mol. The molecule has 14 nitrogen and oxygen atoms in total. The first-order chi connectivity index (χ1) is 27.5. The Morgan fingerprint density at radius 2 is 1.00 bits per heavy atom. The van der Waals surface area contributed by atoms with Crippen LogP contribution in [0, 0.1) is 18.8 Å². The fraction of sp³-hybridized carbons (Fsp3) is 0.800. The van der Waals surface area contributed by atoms with Crippen LogP contribution in [0.3, 0.4) is 0 Å². The van der Waals surface area contributed by atoms with Crippen molar-refractivity contribution in [2.24, 2.45) is 5.41 Å². The van der Waals surface area contributed by atoms with Gasteiger partial charge >= 0.3 is 26.9 Å². The van der Waals surface area contributed by atoms with Crippen molar-refractivity contribution in [3.05, 3.63) is 55.0 Å². The van der Waals surface area contributed by atoms with Crippen molar-refractivity contribution in [1.82, 2.24) is 60.6 Å². The van der Waals surface area contributed by atoms with E-state index in [1.165, 1.54) is 5.92 Å². The molecule has 4 rings (SSSR count). The Hall–Kier alpha value is -3.15. The first kappa shape index (κ1) is 68.4. The molecule has 0 atom stereocenters. The number of hydrogen-bond acceptors (Lipinski definition) is 10. The molecule has 0 spiro atoms. The first-order valence-electron chi connectivity index (χ1n) is 22.5. The number of nitrogens with zero attached hydrogens (tertiary/aromatic N) is 12. The summed E-state index contributed by atoms with van der Waals surface area (Å²) in [6, 6.07) is 2.02. The number of anilines is 1. The SMILES string of the molecule is CC(C)(C)C.CC(C)(C)Nc1cc(C(C)(C)C)ncn1.CC(C)(C)c1cn(C(C)(C)C)nn1.CC(C)(C)c1n[nH][n+](C(C)(C)C)n1.CC(C)(C)c1nnn(C(C)(C)C)n1.C[C-](C)C.[CH3-].[W+2]. The van der Waals surface area contributed by atoms with Crippen molar-refractivity contribution in [3.8, 4) is 0 Å². The average molecular weight is 1080 g/mol. The van der Waals surface area contributed by atoms with E-state index in [0.29, 0.717) is 5.41 Å². The molecule has 4 aromatic rings. The molecule has 4 heterocycles. The Morgan fingerprint density at radius 1 is 0.569 bits per heavy atom. The Morgan fingerprint density at radius 3 is 1.25 bits per heavy atom. The second-order valence-corrected chi connectivity index (χ2v) is 26.6. The van der Waals surface area contributed by atoms with Crippen molar-refractivity contribution in [3.63, 3.8) is 0 Å². The Labute approximate surface area is 414 Å². The largest absolute Gasteiger partial charge is 2.00 e. The minimum Gasteiger partial charge on any atom is -0.365 e. The molecule has 65 heavy (non-hydrogen) atoms. The van der Waals surface area contributed by atoms with Gasteiger partial charge in [-0.3, -0.25) is 0 Å². The van der Waals surface area contributed by atoms with Crippen molar-refractivity contribution in [2.75, 3.05) is 5.32 Å². The van der Waals surface area contributed by atoms with Crippen LogP contribution in [-0.2, 0) is 59.3 Å². The van der Waals surface area contributed by atoms with Crippen LogP contribution in [0.25, 0.3) is 0 Å². The Kier molecular flexibility index (Phi) is 27.2. The maximum Gasteiger partial charge on any atom is 2.00 e. The van der Waals surface area contributed by atoms with Gasteiger partial charge in [0.1, 0.15) is 17.7 Å². The fourth-order valence-electron chi connectivity index (χ4n) is 3.81. The van der Waals surface area contributed by atoms with Gasteiger partial charge in [-0.2, -0.15) is 25.6 Å². The molecule has 0 aliphatic carbocycles. The molecule has 0 saturated carbocycles. The summed E-state index contributed by atoms with van der Waals surface area (Å²) in [6.45, 7) is 65.6. The zero-order chi connectivity index (χ0) is 50.6. The van der Waals surface area contributed by atoms with E-state index >= 15 is 0 Å². The summed E-state index contributed by atoms with van der Waals surface area (Å²) in [6.07, 6.45) is 3.65. The summed E-state index contributed by atoms with van der Waals surface area (Å²) in [4.78, 5) is 12.0. The normalized spacial score (nSPS) is 12.4. The van der Waals surface area contributed by atoms with Crippen LogP contribution in [0.15, 0.2) is 18.6 Å². The number of nitrogens with one attached hydrogen (secondary N) is 2. The van der Waals surface area contributed by atoms with Crippen molar-refractivity contribution in [1.29, 1.82) is 0 Å². The summed E-state index contributed by atoms with van der Waals surface area (Å²) >= 11 is 0. The molecule has 2 N–H and O–H groups in total. The second-order valence-electron chi connectivity index (χ2n) is 26.6. The van der Waals surface area contributed by atoms with E-state index in [0.717, 1.165) is 28.9 Å². The molecule has 376 valence electrons. The molecule has 0 aliphatic heterocycles. The molecular formula is C50H101N14W+. The smallest absolute Gasteiger partial charge is 0.365 e. The zero-order valence-electron chi connectivity index (χ0n) is 48.0. The van der Waals surface area contributed by atoms with Crippen molar-refractivity contribution < 1.29 is 25.9 Å². The standard InChI is InChI=1S/C12H21N3.C10H19N3.2C9H18N4.C5H12.C4H9.CH3.W/c1-11(2,3)9-7-10(14-8-13-9)15-12(4,5)6;1-9(2,3)8-7-13(12-11-8)10(4,5)6;2*1-8(2,3)7-10-12-13(11-7)9(4,5)6;1-5(2,3)4;1-4(2)3;;/h7-8H,1-6H3,(H,13,14,15);7H,1-6H3;2*1-6H3;1-4H3;1-3H3;1H3;/q;;;;;2*-1;+2/p+1. The minimum atomic E-state index is -0.0868. The number of rotatable bonds is 1. The van der Waals surface area contributed by atoms with Gasteiger partial charge < -0.3 is 18.7 Å². The van der Waals surface area contributed by atoms with E-state index in [1.807, 2.05) is 16.9 Å². The van der Waals surface area contributed by atoms with Gasteiger partial charge in [0.05, 0.1) is 33.0 Å². The van der Waals surface area contributed by atoms with Gasteiger partial charge in [-0.15, -0.1) is 15.3 Å². The summed E-state index contributed by atoms with van der Waals surface area (Å²) in [5.74, 6) is 3.95. The minimum absolute atomic E-state index is 0. The summed E-state index contributed by atoms with van der Waals surface area (Å²) in [7, 11) is 0. The predicted octanol–water partition coefficient (Wildman–Crippen LogP) is 12.3. The molecule has 0 unspecified atom stereocenters. The molecule has 15 heteroatoms. The maximum absolute atomic E-state index is 4.40. The molecule has 0 bridgehead atoms. The second kappa shape index (κ2) is 25.8. The van der Waals surface area contributed by atoms with Gasteiger partial charge in [0.15, 0.2) is 5.82 Å². The van der Waals surface area contributed by atoms with Crippen LogP contribution < -0.4 is 10.1 Å². The Balaban J connectivity index is -0.000000356. The van der Waals surface area contributed by atoms with Crippen LogP contribution >= 0.6 is 0 Å². The monoisotopic (exact) mass is 1080 g/mol. The third kappa shape index (κ3) is 32.2. The fourth-order valence-corrected chi connectivity index (χ4v) is 3.81. The summed E-state index contributed by atoms with van der Waals surface area (Å²) in [5.41, 5.74) is 2.68. The first-order valence-corrected chi connectivity index (χ1v) is 22.5. The van der Waals surface area contributed by atoms with Crippen LogP contribution in [-0.4, -0.2) is 66.1 Å². The van der Waals surface area contributed by atoms with Gasteiger partial charge in [-0.1, -0.05) is 121 Å². The molecule has 0 aliphatic rings. The number of tetrazole rings is 2. The molecule has 0 amide bonds. The Bertz CT molecular complexity index is 1610. The third-order valence-electron chi connectivity index (χ3n) is 7.32. The average Bonchev–Trinajstić information content (AvgIpc) is 3.80. The molecule has 0 saturated heterocycles. The number of aromatic amines is 1. The van der Waals surface area contributed by atoms with E-state index in [2.05, 4.69) is 271 Å². The van der Waals surface area contributed by atoms with E-state index in [1.54, 1.807) is 15.9 Å². The maximum atomic E-state index is 4.40. The zero-order valence-corrected chi connectivity index (χ0v) is 50.9. The third-order valence-corrected chi connectivity index (χ3v) is 7.32. The van der Waals surface area contributed by atoms with Crippen molar-refractivity contribution >= 4 is 5.82 Å². The van der Waals surface area contributed by atoms with Gasteiger partial charge in [0.25, 0.3) is 0 Å². The van der Waals surface area contributed by atoms with Crippen LogP contribution in [0.1, 0.15) is 238 Å². The molecular weight excluding hydrogens is 980 g/mol. The summed E-state index contributed by atoms with van der Waals surface area (Å²) < 4.78 is 1.91. The van der Waals surface area contributed by atoms with Crippen LogP contribution in [0.2, 0.25) is 0 Å². The molecule has 4 aromatic heterocycles. The van der Waals surface area contributed by atoms with Gasteiger partial charge in [0.2, 0.25) is 0 Å². The molecule has 0 fully saturated rings. The van der Waals surface area contributed by atoms with E-state index in [-0.39, 0.29) is 72.3 Å². The number of hydrogen-bond donors (Lipinski definition) is 2. The van der Waals surface area contributed by atoms with E-state index < -0.39 is 0 Å². The number of H-pyrrole nitrogens is 1. The number of aromatic nitrogens is 13. The van der Waals surface area contributed by atoms with Crippen LogP contribution in [0.5, 0.6) is 0 Å². The topological polar surface area (TPSA) is 158 Å². The molecule has 0 radical (unpaired) electrons. The van der Waals surface area contributed by atoms with Gasteiger partial charge in [-0.05, 0) is 104 Å². The van der Waals surface area contributed by atoms with Gasteiger partial charge in [0, 0.05) is 34.0 Å². The summed E-state index contributed by atoms with van der Waals surface area (Å²) in [5, 5.41) is 35.5. The van der Waals surface area contributed by atoms with Crippen LogP contribution in [0.4, 0.5) is 5.82 Å².